The van der Waals surface area contributed by atoms with Crippen molar-refractivity contribution < 1.29 is 14.8 Å². The van der Waals surface area contributed by atoms with Crippen LogP contribution in [0, 0.1) is 24.0 Å². The van der Waals surface area contributed by atoms with Crippen LogP contribution in [0.1, 0.15) is 16.7 Å². The van der Waals surface area contributed by atoms with E-state index in [1.165, 1.54) is 6.07 Å². The molecule has 0 bridgehead atoms. The first-order valence-corrected chi connectivity index (χ1v) is 6.63. The van der Waals surface area contributed by atoms with Crippen molar-refractivity contribution in [3.8, 4) is 11.5 Å². The molecule has 110 valence electrons. The topological polar surface area (TPSA) is 72.6 Å². The Morgan fingerprint density at radius 1 is 1.19 bits per heavy atom. The number of nitrogens with zero attached hydrogens (tertiary/aromatic N) is 1. The predicted molar refractivity (Wildman–Crippen MR) is 80.0 cm³/mol. The fourth-order valence-corrected chi connectivity index (χ4v) is 2.12. The van der Waals surface area contributed by atoms with E-state index in [0.29, 0.717) is 33.2 Å². The van der Waals surface area contributed by atoms with E-state index in [0.717, 1.165) is 0 Å². The summed E-state index contributed by atoms with van der Waals surface area (Å²) in [7, 11) is 0. The van der Waals surface area contributed by atoms with E-state index in [1.807, 2.05) is 0 Å². The van der Waals surface area contributed by atoms with Gasteiger partial charge in [-0.3, -0.25) is 10.1 Å². The zero-order valence-corrected chi connectivity index (χ0v) is 12.3. The summed E-state index contributed by atoms with van der Waals surface area (Å²) in [5.41, 5.74) is 1.78. The number of aryl methyl sites for hydroxylation is 2. The van der Waals surface area contributed by atoms with Crippen LogP contribution in [0.3, 0.4) is 0 Å². The van der Waals surface area contributed by atoms with Crippen LogP contribution in [0.15, 0.2) is 30.3 Å². The number of aliphatic hydroxyl groups excluding tert-OH is 1. The normalized spacial score (nSPS) is 10.5. The zero-order chi connectivity index (χ0) is 15.6. The highest BCUT2D eigenvalue weighted by Gasteiger charge is 2.15. The molecular weight excluding hydrogens is 294 g/mol. The first kappa shape index (κ1) is 15.3. The molecule has 0 aliphatic carbocycles. The third-order valence-electron chi connectivity index (χ3n) is 3.11. The highest BCUT2D eigenvalue weighted by Crippen LogP contribution is 2.33. The van der Waals surface area contributed by atoms with Gasteiger partial charge < -0.3 is 9.84 Å². The molecule has 0 amide bonds. The van der Waals surface area contributed by atoms with E-state index in [4.69, 9.17) is 16.3 Å². The van der Waals surface area contributed by atoms with E-state index in [-0.39, 0.29) is 12.3 Å². The monoisotopic (exact) mass is 307 g/mol. The third-order valence-corrected chi connectivity index (χ3v) is 3.34. The Kier molecular flexibility index (Phi) is 4.45. The number of nitro groups is 1. The number of rotatable bonds is 4. The second-order valence-corrected chi connectivity index (χ2v) is 5.11. The maximum Gasteiger partial charge on any atom is 0.272 e. The molecule has 0 spiro atoms. The molecule has 21 heavy (non-hydrogen) atoms. The average Bonchev–Trinajstić information content (AvgIpc) is 2.42. The zero-order valence-electron chi connectivity index (χ0n) is 11.6. The lowest BCUT2D eigenvalue weighted by molar-refractivity contribution is -0.385. The molecule has 0 unspecified atom stereocenters. The SMILES string of the molecule is Cc1cc([N+](=O)[O-])c(C)cc1Oc1cc(Cl)ccc1CO. The molecule has 0 fully saturated rings. The molecule has 0 aliphatic rings. The number of ether oxygens (including phenoxy) is 1. The van der Waals surface area contributed by atoms with Gasteiger partial charge in [0.25, 0.3) is 5.69 Å². The highest BCUT2D eigenvalue weighted by atomic mass is 35.5. The fraction of sp³-hybridized carbons (Fsp3) is 0.200. The quantitative estimate of drug-likeness (QED) is 0.680. The molecule has 0 saturated heterocycles. The van der Waals surface area contributed by atoms with Crippen LogP contribution >= 0.6 is 11.6 Å². The number of aliphatic hydroxyl groups is 1. The van der Waals surface area contributed by atoms with Crippen molar-refractivity contribution in [2.75, 3.05) is 0 Å². The minimum atomic E-state index is -0.426. The van der Waals surface area contributed by atoms with Gasteiger partial charge in [0.2, 0.25) is 0 Å². The van der Waals surface area contributed by atoms with E-state index in [2.05, 4.69) is 0 Å². The molecule has 0 heterocycles. The molecule has 0 atom stereocenters. The molecule has 2 aromatic rings. The lowest BCUT2D eigenvalue weighted by Crippen LogP contribution is -1.97. The molecule has 2 aromatic carbocycles. The van der Waals surface area contributed by atoms with E-state index < -0.39 is 4.92 Å². The Labute approximate surface area is 126 Å². The lowest BCUT2D eigenvalue weighted by Gasteiger charge is -2.13. The van der Waals surface area contributed by atoms with Gasteiger partial charge in [0.1, 0.15) is 11.5 Å². The Morgan fingerprint density at radius 3 is 2.52 bits per heavy atom. The highest BCUT2D eigenvalue weighted by molar-refractivity contribution is 6.30. The summed E-state index contributed by atoms with van der Waals surface area (Å²) in [5.74, 6) is 0.927. The summed E-state index contributed by atoms with van der Waals surface area (Å²) in [5, 5.41) is 20.7. The van der Waals surface area contributed by atoms with E-state index in [9.17, 15) is 15.2 Å². The van der Waals surface area contributed by atoms with Crippen LogP contribution < -0.4 is 4.74 Å². The molecule has 1 N–H and O–H groups in total. The maximum absolute atomic E-state index is 10.9. The van der Waals surface area contributed by atoms with Crippen molar-refractivity contribution in [1.82, 2.24) is 0 Å². The Bertz CT molecular complexity index is 700. The summed E-state index contributed by atoms with van der Waals surface area (Å²) < 4.78 is 5.76. The largest absolute Gasteiger partial charge is 0.457 e. The Hall–Kier alpha value is -2.11. The van der Waals surface area contributed by atoms with Gasteiger partial charge in [0.05, 0.1) is 11.5 Å². The molecule has 5 nitrogen and oxygen atoms in total. The number of hydrogen-bond acceptors (Lipinski definition) is 4. The summed E-state index contributed by atoms with van der Waals surface area (Å²) in [6, 6.07) is 8.01. The molecule has 0 aliphatic heterocycles. The van der Waals surface area contributed by atoms with Crippen molar-refractivity contribution in [2.45, 2.75) is 20.5 Å². The van der Waals surface area contributed by atoms with Crippen LogP contribution in [0.5, 0.6) is 11.5 Å². The number of benzene rings is 2. The summed E-state index contributed by atoms with van der Waals surface area (Å²) >= 11 is 5.93. The second-order valence-electron chi connectivity index (χ2n) is 4.67. The summed E-state index contributed by atoms with van der Waals surface area (Å²) in [4.78, 5) is 10.5. The molecule has 0 radical (unpaired) electrons. The van der Waals surface area contributed by atoms with Crippen LogP contribution in [0.2, 0.25) is 5.02 Å². The van der Waals surface area contributed by atoms with Crippen LogP contribution in [0.4, 0.5) is 5.69 Å². The van der Waals surface area contributed by atoms with Gasteiger partial charge in [-0.1, -0.05) is 17.7 Å². The second kappa shape index (κ2) is 6.11. The van der Waals surface area contributed by atoms with Gasteiger partial charge in [-0.05, 0) is 37.6 Å². The van der Waals surface area contributed by atoms with Crippen molar-refractivity contribution in [3.63, 3.8) is 0 Å². The standard InChI is InChI=1S/C15H14ClNO4/c1-9-6-14(10(2)5-13(9)17(19)20)21-15-7-12(16)4-3-11(15)8-18/h3-7,18H,8H2,1-2H3. The summed E-state index contributed by atoms with van der Waals surface area (Å²) in [6.45, 7) is 3.19. The molecule has 6 heteroatoms. The first-order chi connectivity index (χ1) is 9.92. The maximum atomic E-state index is 10.9. The van der Waals surface area contributed by atoms with Gasteiger partial charge in [-0.2, -0.15) is 0 Å². The summed E-state index contributed by atoms with van der Waals surface area (Å²) in [6.07, 6.45) is 0. The Morgan fingerprint density at radius 2 is 1.90 bits per heavy atom. The van der Waals surface area contributed by atoms with Crippen LogP contribution in [-0.2, 0) is 6.61 Å². The molecule has 2 rings (SSSR count). The van der Waals surface area contributed by atoms with Gasteiger partial charge in [0, 0.05) is 22.2 Å². The van der Waals surface area contributed by atoms with Crippen LogP contribution in [-0.4, -0.2) is 10.0 Å². The average molecular weight is 308 g/mol. The van der Waals surface area contributed by atoms with Crippen molar-refractivity contribution in [3.05, 3.63) is 62.2 Å². The fourth-order valence-electron chi connectivity index (χ4n) is 1.95. The Balaban J connectivity index is 2.43. The molecule has 0 aromatic heterocycles. The molecule has 0 saturated carbocycles. The van der Waals surface area contributed by atoms with Gasteiger partial charge in [-0.25, -0.2) is 0 Å². The van der Waals surface area contributed by atoms with Crippen molar-refractivity contribution in [1.29, 1.82) is 0 Å². The van der Waals surface area contributed by atoms with E-state index >= 15 is 0 Å². The number of hydrogen-bond donors (Lipinski definition) is 1. The van der Waals surface area contributed by atoms with Crippen LogP contribution in [0.25, 0.3) is 0 Å². The van der Waals surface area contributed by atoms with Gasteiger partial charge in [0.15, 0.2) is 0 Å². The van der Waals surface area contributed by atoms with E-state index in [1.54, 1.807) is 38.1 Å². The first-order valence-electron chi connectivity index (χ1n) is 6.25. The molecular formula is C15H14ClNO4. The number of halogens is 1. The lowest BCUT2D eigenvalue weighted by atomic mass is 10.1. The number of nitro benzene ring substituents is 1. The van der Waals surface area contributed by atoms with Crippen molar-refractivity contribution >= 4 is 17.3 Å². The van der Waals surface area contributed by atoms with Gasteiger partial charge >= 0.3 is 0 Å². The van der Waals surface area contributed by atoms with Crippen molar-refractivity contribution in [2.24, 2.45) is 0 Å². The minimum Gasteiger partial charge on any atom is -0.457 e. The minimum absolute atomic E-state index is 0.0494. The smallest absolute Gasteiger partial charge is 0.272 e. The third kappa shape index (κ3) is 3.32. The van der Waals surface area contributed by atoms with Gasteiger partial charge in [-0.15, -0.1) is 0 Å². The predicted octanol–water partition coefficient (Wildman–Crippen LogP) is 4.15.